The van der Waals surface area contributed by atoms with E-state index in [1.165, 1.54) is 16.3 Å². The van der Waals surface area contributed by atoms with E-state index in [4.69, 9.17) is 0 Å². The third kappa shape index (κ3) is 2.77. The van der Waals surface area contributed by atoms with Crippen LogP contribution in [0.4, 0.5) is 0 Å². The monoisotopic (exact) mass is 345 g/mol. The Labute approximate surface area is 143 Å². The molecule has 3 rings (SSSR count). The predicted molar refractivity (Wildman–Crippen MR) is 94.4 cm³/mol. The summed E-state index contributed by atoms with van der Waals surface area (Å²) in [6, 6.07) is 7.34. The van der Waals surface area contributed by atoms with Crippen LogP contribution >= 0.6 is 11.8 Å². The third-order valence-electron chi connectivity index (χ3n) is 3.80. The Hall–Kier alpha value is -2.35. The van der Waals surface area contributed by atoms with E-state index in [-0.39, 0.29) is 16.7 Å². The van der Waals surface area contributed by atoms with Gasteiger partial charge in [0, 0.05) is 13.6 Å². The maximum Gasteiger partial charge on any atom is 0.262 e. The number of rotatable bonds is 5. The van der Waals surface area contributed by atoms with Crippen molar-refractivity contribution in [1.29, 1.82) is 0 Å². The summed E-state index contributed by atoms with van der Waals surface area (Å²) in [6.45, 7) is 4.50. The Kier molecular flexibility index (Phi) is 4.57. The normalized spacial score (nSPS) is 12.6. The van der Waals surface area contributed by atoms with E-state index in [2.05, 4.69) is 15.5 Å². The molecule has 0 saturated carbocycles. The topological polar surface area (TPSA) is 81.3 Å². The van der Waals surface area contributed by atoms with Crippen molar-refractivity contribution in [2.75, 3.05) is 6.54 Å². The summed E-state index contributed by atoms with van der Waals surface area (Å²) in [7, 11) is 1.67. The minimum absolute atomic E-state index is 0.0345. The Morgan fingerprint density at radius 2 is 2.08 bits per heavy atom. The van der Waals surface area contributed by atoms with Crippen LogP contribution in [-0.2, 0) is 11.8 Å². The molecule has 1 atom stereocenters. The van der Waals surface area contributed by atoms with E-state index in [0.29, 0.717) is 22.9 Å². The molecule has 0 aliphatic rings. The fourth-order valence-electron chi connectivity index (χ4n) is 2.49. The number of benzene rings is 1. The number of aromatic nitrogens is 4. The van der Waals surface area contributed by atoms with Crippen molar-refractivity contribution in [3.05, 3.63) is 34.6 Å². The molecule has 8 heteroatoms. The molecule has 0 aliphatic heterocycles. The number of nitrogens with zero attached hydrogens (tertiary/aromatic N) is 4. The van der Waals surface area contributed by atoms with Crippen molar-refractivity contribution in [2.24, 2.45) is 7.05 Å². The fourth-order valence-corrected chi connectivity index (χ4v) is 3.37. The molecule has 7 nitrogen and oxygen atoms in total. The molecule has 1 N–H and O–H groups in total. The molecular formula is C16H19N5O2S. The van der Waals surface area contributed by atoms with Gasteiger partial charge >= 0.3 is 0 Å². The van der Waals surface area contributed by atoms with Gasteiger partial charge in [0.1, 0.15) is 0 Å². The molecule has 126 valence electrons. The molecule has 1 amide bonds. The van der Waals surface area contributed by atoms with Crippen LogP contribution in [0.3, 0.4) is 0 Å². The van der Waals surface area contributed by atoms with Crippen LogP contribution in [0.2, 0.25) is 0 Å². The summed E-state index contributed by atoms with van der Waals surface area (Å²) in [5, 5.41) is 12.1. The number of para-hydroxylation sites is 1. The summed E-state index contributed by atoms with van der Waals surface area (Å²) in [6.07, 6.45) is 0.893. The smallest absolute Gasteiger partial charge is 0.262 e. The lowest BCUT2D eigenvalue weighted by Crippen LogP contribution is -2.31. The lowest BCUT2D eigenvalue weighted by Gasteiger charge is -2.11. The van der Waals surface area contributed by atoms with Gasteiger partial charge in [-0.3, -0.25) is 18.6 Å². The molecule has 2 aromatic heterocycles. The van der Waals surface area contributed by atoms with Crippen LogP contribution in [0.1, 0.15) is 20.3 Å². The van der Waals surface area contributed by atoms with E-state index >= 15 is 0 Å². The van der Waals surface area contributed by atoms with Gasteiger partial charge in [-0.1, -0.05) is 30.8 Å². The summed E-state index contributed by atoms with van der Waals surface area (Å²) in [4.78, 5) is 24.5. The molecule has 0 saturated heterocycles. The molecule has 2 heterocycles. The first kappa shape index (κ1) is 16.5. The van der Waals surface area contributed by atoms with Gasteiger partial charge < -0.3 is 5.32 Å². The molecule has 0 aliphatic carbocycles. The Morgan fingerprint density at radius 1 is 1.33 bits per heavy atom. The van der Waals surface area contributed by atoms with Crippen molar-refractivity contribution >= 4 is 34.3 Å². The van der Waals surface area contributed by atoms with E-state index in [9.17, 15) is 9.59 Å². The van der Waals surface area contributed by atoms with Crippen molar-refractivity contribution < 1.29 is 4.79 Å². The minimum atomic E-state index is -0.306. The molecule has 0 spiro atoms. The first-order chi connectivity index (χ1) is 11.5. The molecule has 3 aromatic rings. The van der Waals surface area contributed by atoms with Crippen molar-refractivity contribution in [1.82, 2.24) is 24.5 Å². The quantitative estimate of drug-likeness (QED) is 0.710. The van der Waals surface area contributed by atoms with E-state index < -0.39 is 0 Å². The van der Waals surface area contributed by atoms with Gasteiger partial charge in [0.25, 0.3) is 5.56 Å². The first-order valence-electron chi connectivity index (χ1n) is 7.81. The van der Waals surface area contributed by atoms with Crippen LogP contribution in [-0.4, -0.2) is 36.9 Å². The van der Waals surface area contributed by atoms with Gasteiger partial charge in [-0.25, -0.2) is 0 Å². The predicted octanol–water partition coefficient (Wildman–Crippen LogP) is 1.59. The molecule has 24 heavy (non-hydrogen) atoms. The number of amides is 1. The van der Waals surface area contributed by atoms with Gasteiger partial charge in [0.15, 0.2) is 5.16 Å². The number of aryl methyl sites for hydroxylation is 1. The standard InChI is InChI=1S/C16H19N5O2S/c1-4-9-17-13(22)10(2)24-16-19-18-15-20(3)14(23)11-7-5-6-8-12(11)21(15)16/h5-8,10H,4,9H2,1-3H3,(H,17,22). The number of fused-ring (bicyclic) bond motifs is 3. The zero-order valence-corrected chi connectivity index (χ0v) is 14.6. The second kappa shape index (κ2) is 6.64. The Balaban J connectivity index is 2.07. The minimum Gasteiger partial charge on any atom is -0.355 e. The SMILES string of the molecule is CCCNC(=O)C(C)Sc1nnc2n(C)c(=O)c3ccccc3n12. The summed E-state index contributed by atoms with van der Waals surface area (Å²) >= 11 is 1.33. The molecule has 0 radical (unpaired) electrons. The van der Waals surface area contributed by atoms with Crippen molar-refractivity contribution in [3.8, 4) is 0 Å². The zero-order valence-electron chi connectivity index (χ0n) is 13.8. The number of hydrogen-bond donors (Lipinski definition) is 1. The van der Waals surface area contributed by atoms with Gasteiger partial charge in [-0.15, -0.1) is 10.2 Å². The Morgan fingerprint density at radius 3 is 2.83 bits per heavy atom. The number of hydrogen-bond acceptors (Lipinski definition) is 5. The highest BCUT2D eigenvalue weighted by Gasteiger charge is 2.20. The largest absolute Gasteiger partial charge is 0.355 e. The fraction of sp³-hybridized carbons (Fsp3) is 0.375. The van der Waals surface area contributed by atoms with Crippen LogP contribution in [0, 0.1) is 0 Å². The second-order valence-corrected chi connectivity index (χ2v) is 6.86. The van der Waals surface area contributed by atoms with E-state index in [1.54, 1.807) is 13.1 Å². The van der Waals surface area contributed by atoms with E-state index in [0.717, 1.165) is 11.9 Å². The van der Waals surface area contributed by atoms with Crippen LogP contribution in [0.25, 0.3) is 16.7 Å². The van der Waals surface area contributed by atoms with Crippen molar-refractivity contribution in [2.45, 2.75) is 30.7 Å². The highest BCUT2D eigenvalue weighted by atomic mass is 32.2. The van der Waals surface area contributed by atoms with Crippen LogP contribution in [0.15, 0.2) is 34.2 Å². The maximum atomic E-state index is 12.4. The second-order valence-electron chi connectivity index (χ2n) is 5.55. The number of thioether (sulfide) groups is 1. The zero-order chi connectivity index (χ0) is 17.3. The van der Waals surface area contributed by atoms with Gasteiger partial charge in [0.05, 0.1) is 16.2 Å². The molecule has 1 aromatic carbocycles. The summed E-state index contributed by atoms with van der Waals surface area (Å²) in [5.74, 6) is 0.426. The highest BCUT2D eigenvalue weighted by Crippen LogP contribution is 2.24. The van der Waals surface area contributed by atoms with Crippen LogP contribution < -0.4 is 10.9 Å². The number of carbonyl (C=O) groups excluding carboxylic acids is 1. The summed E-state index contributed by atoms with van der Waals surface area (Å²) < 4.78 is 3.30. The maximum absolute atomic E-state index is 12.4. The molecule has 0 fully saturated rings. The molecule has 0 bridgehead atoms. The average molecular weight is 345 g/mol. The van der Waals surface area contributed by atoms with Gasteiger partial charge in [-0.2, -0.15) is 0 Å². The summed E-state index contributed by atoms with van der Waals surface area (Å²) in [5.41, 5.74) is 0.625. The molecule has 1 unspecified atom stereocenters. The van der Waals surface area contributed by atoms with Crippen molar-refractivity contribution in [3.63, 3.8) is 0 Å². The number of nitrogens with one attached hydrogen (secondary N) is 1. The van der Waals surface area contributed by atoms with Crippen LogP contribution in [0.5, 0.6) is 0 Å². The van der Waals surface area contributed by atoms with Gasteiger partial charge in [-0.05, 0) is 25.5 Å². The first-order valence-corrected chi connectivity index (χ1v) is 8.69. The lowest BCUT2D eigenvalue weighted by molar-refractivity contribution is -0.120. The Bertz CT molecular complexity index is 962. The number of carbonyl (C=O) groups is 1. The van der Waals surface area contributed by atoms with E-state index in [1.807, 2.05) is 36.4 Å². The third-order valence-corrected chi connectivity index (χ3v) is 4.84. The molecular weight excluding hydrogens is 326 g/mol. The van der Waals surface area contributed by atoms with Gasteiger partial charge in [0.2, 0.25) is 11.7 Å². The average Bonchev–Trinajstić information content (AvgIpc) is 3.01. The highest BCUT2D eigenvalue weighted by molar-refractivity contribution is 8.00. The lowest BCUT2D eigenvalue weighted by atomic mass is 10.2.